The van der Waals surface area contributed by atoms with Crippen LogP contribution < -0.4 is 10.6 Å². The number of carbonyl (C=O) groups excluding carboxylic acids is 1. The fraction of sp³-hybridized carbons (Fsp3) is 0.200. The van der Waals surface area contributed by atoms with Gasteiger partial charge in [0, 0.05) is 6.54 Å². The van der Waals surface area contributed by atoms with Crippen LogP contribution in [0.3, 0.4) is 0 Å². The second kappa shape index (κ2) is 6.90. The summed E-state index contributed by atoms with van der Waals surface area (Å²) in [6.45, 7) is 2.19. The van der Waals surface area contributed by atoms with E-state index in [9.17, 15) is 14.7 Å². The minimum atomic E-state index is -1.05. The first-order valence-electron chi connectivity index (χ1n) is 6.47. The Bertz CT molecular complexity index is 638. The molecular weight excluding hydrogens is 288 g/mol. The molecule has 0 radical (unpaired) electrons. The number of nitrogens with one attached hydrogen (secondary N) is 2. The van der Waals surface area contributed by atoms with Crippen molar-refractivity contribution in [3.8, 4) is 0 Å². The van der Waals surface area contributed by atoms with Crippen molar-refractivity contribution in [1.29, 1.82) is 0 Å². The van der Waals surface area contributed by atoms with Crippen LogP contribution in [-0.2, 0) is 6.42 Å². The van der Waals surface area contributed by atoms with E-state index in [0.29, 0.717) is 17.8 Å². The summed E-state index contributed by atoms with van der Waals surface area (Å²) in [6, 6.07) is 6.59. The number of carboxylic acids is 1. The topological polar surface area (TPSA) is 78.4 Å². The van der Waals surface area contributed by atoms with Crippen molar-refractivity contribution in [2.45, 2.75) is 13.3 Å². The van der Waals surface area contributed by atoms with E-state index in [2.05, 4.69) is 10.6 Å². The summed E-state index contributed by atoms with van der Waals surface area (Å²) in [5, 5.41) is 18.5. The Balaban J connectivity index is 1.93. The molecule has 1 aromatic carbocycles. The summed E-state index contributed by atoms with van der Waals surface area (Å²) in [5.74, 6) is -1.05. The molecule has 0 spiro atoms. The Morgan fingerprint density at radius 2 is 2.10 bits per heavy atom. The number of urea groups is 1. The van der Waals surface area contributed by atoms with Gasteiger partial charge < -0.3 is 15.7 Å². The van der Waals surface area contributed by atoms with Crippen LogP contribution in [0.2, 0.25) is 0 Å². The number of hydrogen-bond donors (Lipinski definition) is 3. The van der Waals surface area contributed by atoms with E-state index in [-0.39, 0.29) is 5.56 Å². The molecule has 110 valence electrons. The van der Waals surface area contributed by atoms with Gasteiger partial charge in [-0.2, -0.15) is 11.3 Å². The van der Waals surface area contributed by atoms with Gasteiger partial charge in [-0.05, 0) is 47.4 Å². The molecule has 0 atom stereocenters. The lowest BCUT2D eigenvalue weighted by molar-refractivity contribution is 0.0697. The normalized spacial score (nSPS) is 10.1. The molecule has 1 aromatic heterocycles. The van der Waals surface area contributed by atoms with E-state index in [4.69, 9.17) is 0 Å². The summed E-state index contributed by atoms with van der Waals surface area (Å²) in [7, 11) is 0. The maximum atomic E-state index is 11.8. The van der Waals surface area contributed by atoms with Crippen LogP contribution in [0.15, 0.2) is 35.0 Å². The van der Waals surface area contributed by atoms with Crippen molar-refractivity contribution in [3.63, 3.8) is 0 Å². The number of hydrogen-bond acceptors (Lipinski definition) is 3. The molecule has 0 saturated heterocycles. The molecule has 0 aliphatic rings. The second-order valence-corrected chi connectivity index (χ2v) is 5.35. The predicted octanol–water partition coefficient (Wildman–Crippen LogP) is 3.12. The van der Waals surface area contributed by atoms with Crippen molar-refractivity contribution >= 4 is 29.0 Å². The number of aryl methyl sites for hydroxylation is 1. The molecule has 1 heterocycles. The molecule has 5 nitrogen and oxygen atoms in total. The molecule has 0 fully saturated rings. The Kier molecular flexibility index (Phi) is 4.94. The minimum absolute atomic E-state index is 0.116. The molecular formula is C15H16N2O3S. The zero-order chi connectivity index (χ0) is 15.2. The number of aromatic carboxylic acids is 1. The highest BCUT2D eigenvalue weighted by Crippen LogP contribution is 2.19. The fourth-order valence-corrected chi connectivity index (χ4v) is 2.68. The third-order valence-electron chi connectivity index (χ3n) is 3.01. The largest absolute Gasteiger partial charge is 0.478 e. The highest BCUT2D eigenvalue weighted by Gasteiger charge is 2.14. The quantitative estimate of drug-likeness (QED) is 0.794. The highest BCUT2D eigenvalue weighted by atomic mass is 32.1. The molecule has 21 heavy (non-hydrogen) atoms. The summed E-state index contributed by atoms with van der Waals surface area (Å²) in [4.78, 5) is 23.0. The number of rotatable bonds is 5. The van der Waals surface area contributed by atoms with Gasteiger partial charge in [-0.15, -0.1) is 0 Å². The number of amides is 2. The molecule has 0 aliphatic carbocycles. The predicted molar refractivity (Wildman–Crippen MR) is 83.2 cm³/mol. The van der Waals surface area contributed by atoms with Crippen LogP contribution in [0.5, 0.6) is 0 Å². The number of thiophene rings is 1. The minimum Gasteiger partial charge on any atom is -0.478 e. The summed E-state index contributed by atoms with van der Waals surface area (Å²) < 4.78 is 0. The van der Waals surface area contributed by atoms with E-state index in [1.54, 1.807) is 36.5 Å². The average Bonchev–Trinajstić information content (AvgIpc) is 2.91. The fourth-order valence-electron chi connectivity index (χ4n) is 1.98. The summed E-state index contributed by atoms with van der Waals surface area (Å²) in [5.41, 5.74) is 2.20. The van der Waals surface area contributed by atoms with E-state index in [1.807, 2.05) is 16.8 Å². The standard InChI is InChI=1S/C15H16N2O3S/c1-10-3-2-4-12(13(10)14(18)19)17-15(20)16-7-5-11-6-8-21-9-11/h2-4,6,8-9H,5,7H2,1H3,(H,18,19)(H2,16,17,20). The van der Waals surface area contributed by atoms with E-state index >= 15 is 0 Å². The first-order valence-corrected chi connectivity index (χ1v) is 7.41. The van der Waals surface area contributed by atoms with Crippen molar-refractivity contribution in [1.82, 2.24) is 5.32 Å². The van der Waals surface area contributed by atoms with Gasteiger partial charge in [0.1, 0.15) is 0 Å². The second-order valence-electron chi connectivity index (χ2n) is 4.57. The lowest BCUT2D eigenvalue weighted by Crippen LogP contribution is -2.31. The smallest absolute Gasteiger partial charge is 0.338 e. The van der Waals surface area contributed by atoms with E-state index < -0.39 is 12.0 Å². The van der Waals surface area contributed by atoms with Gasteiger partial charge in [0.15, 0.2) is 0 Å². The van der Waals surface area contributed by atoms with Crippen molar-refractivity contribution in [3.05, 3.63) is 51.7 Å². The van der Waals surface area contributed by atoms with Gasteiger partial charge in [0.2, 0.25) is 0 Å². The van der Waals surface area contributed by atoms with Crippen molar-refractivity contribution in [2.24, 2.45) is 0 Å². The molecule has 0 bridgehead atoms. The molecule has 0 saturated carbocycles. The van der Waals surface area contributed by atoms with Crippen LogP contribution in [0.1, 0.15) is 21.5 Å². The number of carbonyl (C=O) groups is 2. The van der Waals surface area contributed by atoms with Crippen molar-refractivity contribution in [2.75, 3.05) is 11.9 Å². The SMILES string of the molecule is Cc1cccc(NC(=O)NCCc2ccsc2)c1C(=O)O. The average molecular weight is 304 g/mol. The van der Waals surface area contributed by atoms with E-state index in [1.165, 1.54) is 5.56 Å². The zero-order valence-electron chi connectivity index (χ0n) is 11.6. The van der Waals surface area contributed by atoms with Crippen molar-refractivity contribution < 1.29 is 14.7 Å². The molecule has 6 heteroatoms. The zero-order valence-corrected chi connectivity index (χ0v) is 12.4. The van der Waals surface area contributed by atoms with Gasteiger partial charge in [-0.25, -0.2) is 9.59 Å². The molecule has 0 unspecified atom stereocenters. The molecule has 2 aromatic rings. The maximum absolute atomic E-state index is 11.8. The van der Waals surface area contributed by atoms with Gasteiger partial charge in [0.05, 0.1) is 11.3 Å². The molecule has 2 amide bonds. The lowest BCUT2D eigenvalue weighted by Gasteiger charge is -2.11. The van der Waals surface area contributed by atoms with Gasteiger partial charge >= 0.3 is 12.0 Å². The molecule has 3 N–H and O–H groups in total. The number of carboxylic acid groups (broad SMARTS) is 1. The first-order chi connectivity index (χ1) is 10.1. The lowest BCUT2D eigenvalue weighted by atomic mass is 10.1. The molecule has 0 aliphatic heterocycles. The van der Waals surface area contributed by atoms with Crippen LogP contribution in [-0.4, -0.2) is 23.7 Å². The Morgan fingerprint density at radius 3 is 2.76 bits per heavy atom. The maximum Gasteiger partial charge on any atom is 0.338 e. The van der Waals surface area contributed by atoms with Gasteiger partial charge in [-0.3, -0.25) is 0 Å². The summed E-state index contributed by atoms with van der Waals surface area (Å²) >= 11 is 1.61. The summed E-state index contributed by atoms with van der Waals surface area (Å²) in [6.07, 6.45) is 0.747. The van der Waals surface area contributed by atoms with Crippen LogP contribution >= 0.6 is 11.3 Å². The molecule has 2 rings (SSSR count). The Morgan fingerprint density at radius 1 is 1.29 bits per heavy atom. The Hall–Kier alpha value is -2.34. The monoisotopic (exact) mass is 304 g/mol. The van der Waals surface area contributed by atoms with Gasteiger partial charge in [-0.1, -0.05) is 12.1 Å². The van der Waals surface area contributed by atoms with Crippen LogP contribution in [0.25, 0.3) is 0 Å². The van der Waals surface area contributed by atoms with Crippen LogP contribution in [0, 0.1) is 6.92 Å². The number of anilines is 1. The third kappa shape index (κ3) is 4.06. The first kappa shape index (κ1) is 15.1. The number of benzene rings is 1. The van der Waals surface area contributed by atoms with E-state index in [0.717, 1.165) is 6.42 Å². The third-order valence-corrected chi connectivity index (χ3v) is 3.75. The van der Waals surface area contributed by atoms with Crippen LogP contribution in [0.4, 0.5) is 10.5 Å². The Labute approximate surface area is 126 Å². The highest BCUT2D eigenvalue weighted by molar-refractivity contribution is 7.07. The van der Waals surface area contributed by atoms with Gasteiger partial charge in [0.25, 0.3) is 0 Å².